The van der Waals surface area contributed by atoms with Crippen molar-refractivity contribution in [3.05, 3.63) is 39.9 Å². The van der Waals surface area contributed by atoms with Crippen LogP contribution in [0.15, 0.2) is 29.4 Å². The maximum atomic E-state index is 12.1. The SMILES string of the molecule is CC(=NNC(=O)c1cccc([N+](=O)[O-])c1)C1CC2CCC1C2. The molecule has 2 bridgehead atoms. The molecule has 3 unspecified atom stereocenters. The van der Waals surface area contributed by atoms with Crippen molar-refractivity contribution >= 4 is 17.3 Å². The van der Waals surface area contributed by atoms with Crippen LogP contribution in [0.25, 0.3) is 0 Å². The number of nitro benzene ring substituents is 1. The fraction of sp³-hybridized carbons (Fsp3) is 0.500. The van der Waals surface area contributed by atoms with Gasteiger partial charge < -0.3 is 0 Å². The van der Waals surface area contributed by atoms with E-state index in [0.717, 1.165) is 11.6 Å². The first kappa shape index (κ1) is 14.7. The van der Waals surface area contributed by atoms with Gasteiger partial charge in [0.05, 0.1) is 4.92 Å². The number of fused-ring (bicyclic) bond motifs is 2. The lowest BCUT2D eigenvalue weighted by Crippen LogP contribution is -2.24. The smallest absolute Gasteiger partial charge is 0.267 e. The van der Waals surface area contributed by atoms with Crippen molar-refractivity contribution < 1.29 is 9.72 Å². The Morgan fingerprint density at radius 2 is 2.18 bits per heavy atom. The van der Waals surface area contributed by atoms with Crippen LogP contribution in [0.4, 0.5) is 5.69 Å². The average Bonchev–Trinajstić information content (AvgIpc) is 3.15. The highest BCUT2D eigenvalue weighted by Gasteiger charge is 2.40. The second-order valence-electron chi connectivity index (χ2n) is 6.28. The van der Waals surface area contributed by atoms with Crippen molar-refractivity contribution in [1.82, 2.24) is 5.43 Å². The molecule has 0 aliphatic heterocycles. The summed E-state index contributed by atoms with van der Waals surface area (Å²) in [5, 5.41) is 15.0. The lowest BCUT2D eigenvalue weighted by atomic mass is 9.86. The number of nitrogens with one attached hydrogen (secondary N) is 1. The summed E-state index contributed by atoms with van der Waals surface area (Å²) in [7, 11) is 0. The van der Waals surface area contributed by atoms with E-state index in [9.17, 15) is 14.9 Å². The van der Waals surface area contributed by atoms with Gasteiger partial charge in [0.2, 0.25) is 0 Å². The van der Waals surface area contributed by atoms with Gasteiger partial charge in [0.1, 0.15) is 0 Å². The van der Waals surface area contributed by atoms with Crippen LogP contribution in [0.3, 0.4) is 0 Å². The van der Waals surface area contributed by atoms with E-state index in [1.807, 2.05) is 6.92 Å². The van der Waals surface area contributed by atoms with Crippen LogP contribution >= 0.6 is 0 Å². The van der Waals surface area contributed by atoms with Crippen LogP contribution in [0.2, 0.25) is 0 Å². The largest absolute Gasteiger partial charge is 0.271 e. The molecule has 3 atom stereocenters. The molecule has 0 radical (unpaired) electrons. The number of benzene rings is 1. The third-order valence-corrected chi connectivity index (χ3v) is 4.93. The van der Waals surface area contributed by atoms with E-state index in [1.54, 1.807) is 6.07 Å². The normalized spacial score (nSPS) is 27.0. The van der Waals surface area contributed by atoms with E-state index in [-0.39, 0.29) is 11.3 Å². The Morgan fingerprint density at radius 3 is 2.82 bits per heavy atom. The molecule has 6 nitrogen and oxygen atoms in total. The minimum atomic E-state index is -0.513. The number of carbonyl (C=O) groups excluding carboxylic acids is 1. The van der Waals surface area contributed by atoms with Gasteiger partial charge in [-0.1, -0.05) is 12.5 Å². The van der Waals surface area contributed by atoms with Gasteiger partial charge in [-0.05, 0) is 44.1 Å². The number of nitro groups is 1. The third-order valence-electron chi connectivity index (χ3n) is 4.93. The number of hydrazone groups is 1. The van der Waals surface area contributed by atoms with Gasteiger partial charge in [-0.3, -0.25) is 14.9 Å². The van der Waals surface area contributed by atoms with Gasteiger partial charge in [0.25, 0.3) is 11.6 Å². The molecule has 2 aliphatic rings. The molecule has 0 heterocycles. The summed E-state index contributed by atoms with van der Waals surface area (Å²) in [5.41, 5.74) is 3.64. The molecule has 0 spiro atoms. The van der Waals surface area contributed by atoms with Gasteiger partial charge >= 0.3 is 0 Å². The van der Waals surface area contributed by atoms with Crippen molar-refractivity contribution in [1.29, 1.82) is 0 Å². The molecular formula is C16H19N3O3. The van der Waals surface area contributed by atoms with Crippen molar-refractivity contribution in [2.24, 2.45) is 22.9 Å². The fourth-order valence-electron chi connectivity index (χ4n) is 3.80. The molecule has 0 saturated heterocycles. The van der Waals surface area contributed by atoms with Crippen LogP contribution in [0.1, 0.15) is 43.0 Å². The lowest BCUT2D eigenvalue weighted by molar-refractivity contribution is -0.384. The predicted octanol–water partition coefficient (Wildman–Crippen LogP) is 3.14. The molecule has 1 aromatic rings. The van der Waals surface area contributed by atoms with E-state index in [2.05, 4.69) is 10.5 Å². The molecule has 1 N–H and O–H groups in total. The summed E-state index contributed by atoms with van der Waals surface area (Å²) in [4.78, 5) is 22.3. The lowest BCUT2D eigenvalue weighted by Gasteiger charge is -2.21. The number of non-ortho nitro benzene ring substituents is 1. The minimum absolute atomic E-state index is 0.0959. The third kappa shape index (κ3) is 2.86. The molecular weight excluding hydrogens is 282 g/mol. The van der Waals surface area contributed by atoms with E-state index in [1.165, 1.54) is 43.9 Å². The molecule has 2 saturated carbocycles. The molecule has 1 amide bonds. The Kier molecular flexibility index (Phi) is 3.92. The summed E-state index contributed by atoms with van der Waals surface area (Å²) in [6.45, 7) is 1.96. The number of amides is 1. The van der Waals surface area contributed by atoms with Crippen LogP contribution in [-0.4, -0.2) is 16.5 Å². The van der Waals surface area contributed by atoms with Gasteiger partial charge in [-0.2, -0.15) is 5.10 Å². The number of hydrogen-bond acceptors (Lipinski definition) is 4. The number of nitrogens with zero attached hydrogens (tertiary/aromatic N) is 2. The number of rotatable bonds is 4. The Balaban J connectivity index is 1.65. The van der Waals surface area contributed by atoms with Crippen LogP contribution in [0.5, 0.6) is 0 Å². The molecule has 0 aromatic heterocycles. The Bertz CT molecular complexity index is 641. The van der Waals surface area contributed by atoms with Crippen LogP contribution in [0, 0.1) is 27.9 Å². The first-order valence-electron chi connectivity index (χ1n) is 7.63. The van der Waals surface area contributed by atoms with E-state index in [4.69, 9.17) is 0 Å². The molecule has 6 heteroatoms. The standard InChI is InChI=1S/C16H19N3O3/c1-10(15-8-11-5-6-12(15)7-11)17-18-16(20)13-3-2-4-14(9-13)19(21)22/h2-4,9,11-12,15H,5-8H2,1H3,(H,18,20). The van der Waals surface area contributed by atoms with E-state index in [0.29, 0.717) is 11.8 Å². The zero-order chi connectivity index (χ0) is 15.7. The van der Waals surface area contributed by atoms with E-state index < -0.39 is 10.8 Å². The highest BCUT2D eigenvalue weighted by molar-refractivity contribution is 5.96. The Morgan fingerprint density at radius 1 is 1.36 bits per heavy atom. The van der Waals surface area contributed by atoms with Crippen molar-refractivity contribution in [3.63, 3.8) is 0 Å². The van der Waals surface area contributed by atoms with Gasteiger partial charge in [0, 0.05) is 29.3 Å². The second kappa shape index (κ2) is 5.87. The Hall–Kier alpha value is -2.24. The van der Waals surface area contributed by atoms with E-state index >= 15 is 0 Å². The van der Waals surface area contributed by atoms with Gasteiger partial charge in [0.15, 0.2) is 0 Å². The monoisotopic (exact) mass is 301 g/mol. The fourth-order valence-corrected chi connectivity index (χ4v) is 3.80. The highest BCUT2D eigenvalue weighted by atomic mass is 16.6. The predicted molar refractivity (Wildman–Crippen MR) is 82.6 cm³/mol. The first-order chi connectivity index (χ1) is 10.5. The Labute approximate surface area is 128 Å². The number of hydrogen-bond donors (Lipinski definition) is 1. The molecule has 116 valence electrons. The average molecular weight is 301 g/mol. The zero-order valence-electron chi connectivity index (χ0n) is 12.5. The number of carbonyl (C=O) groups is 1. The molecule has 1 aromatic carbocycles. The minimum Gasteiger partial charge on any atom is -0.267 e. The zero-order valence-corrected chi connectivity index (χ0v) is 12.5. The topological polar surface area (TPSA) is 84.6 Å². The van der Waals surface area contributed by atoms with Crippen molar-refractivity contribution in [3.8, 4) is 0 Å². The summed E-state index contributed by atoms with van der Waals surface area (Å²) in [6.07, 6.45) is 5.05. The summed E-state index contributed by atoms with van der Waals surface area (Å²) in [5.74, 6) is 1.60. The van der Waals surface area contributed by atoms with Crippen molar-refractivity contribution in [2.45, 2.75) is 32.6 Å². The van der Waals surface area contributed by atoms with Gasteiger partial charge in [-0.25, -0.2) is 5.43 Å². The van der Waals surface area contributed by atoms with Crippen LogP contribution < -0.4 is 5.43 Å². The maximum absolute atomic E-state index is 12.1. The highest BCUT2D eigenvalue weighted by Crippen LogP contribution is 2.48. The molecule has 22 heavy (non-hydrogen) atoms. The van der Waals surface area contributed by atoms with Gasteiger partial charge in [-0.15, -0.1) is 0 Å². The maximum Gasteiger partial charge on any atom is 0.271 e. The first-order valence-corrected chi connectivity index (χ1v) is 7.63. The quantitative estimate of drug-likeness (QED) is 0.526. The molecule has 3 rings (SSSR count). The molecule has 2 aliphatic carbocycles. The molecule has 2 fully saturated rings. The summed E-state index contributed by atoms with van der Waals surface area (Å²) < 4.78 is 0. The summed E-state index contributed by atoms with van der Waals surface area (Å²) >= 11 is 0. The van der Waals surface area contributed by atoms with Crippen molar-refractivity contribution in [2.75, 3.05) is 0 Å². The second-order valence-corrected chi connectivity index (χ2v) is 6.28. The summed E-state index contributed by atoms with van der Waals surface area (Å²) in [6, 6.07) is 5.67. The van der Waals surface area contributed by atoms with Crippen LogP contribution in [-0.2, 0) is 0 Å².